The van der Waals surface area contributed by atoms with Gasteiger partial charge in [0.2, 0.25) is 5.79 Å². The Labute approximate surface area is 123 Å². The van der Waals surface area contributed by atoms with Gasteiger partial charge in [-0.25, -0.2) is 0 Å². The molecule has 3 heterocycles. The van der Waals surface area contributed by atoms with Gasteiger partial charge in [-0.1, -0.05) is 30.3 Å². The first-order valence-corrected chi connectivity index (χ1v) is 7.37. The number of rotatable bonds is 2. The molecular formula is C16H18N2O3. The molecule has 1 saturated heterocycles. The molecule has 1 aromatic rings. The summed E-state index contributed by atoms with van der Waals surface area (Å²) in [6.07, 6.45) is 0.691. The number of hydrogen-bond acceptors (Lipinski definition) is 4. The van der Waals surface area contributed by atoms with Crippen LogP contribution in [0.1, 0.15) is 12.0 Å². The first-order valence-electron chi connectivity index (χ1n) is 7.37. The maximum absolute atomic E-state index is 12.8. The lowest BCUT2D eigenvalue weighted by atomic mass is 9.98. The van der Waals surface area contributed by atoms with Crippen LogP contribution in [0, 0.1) is 0 Å². The summed E-state index contributed by atoms with van der Waals surface area (Å²) in [5, 5.41) is 3.34. The van der Waals surface area contributed by atoms with E-state index in [9.17, 15) is 4.79 Å². The van der Waals surface area contributed by atoms with Gasteiger partial charge in [-0.2, -0.15) is 0 Å². The second-order valence-electron chi connectivity index (χ2n) is 5.63. The lowest BCUT2D eigenvalue weighted by Gasteiger charge is -2.32. The summed E-state index contributed by atoms with van der Waals surface area (Å²) in [7, 11) is 0. The van der Waals surface area contributed by atoms with Crippen molar-refractivity contribution in [1.29, 1.82) is 0 Å². The van der Waals surface area contributed by atoms with Crippen LogP contribution in [0.15, 0.2) is 41.6 Å². The summed E-state index contributed by atoms with van der Waals surface area (Å²) in [4.78, 5) is 14.6. The third-order valence-electron chi connectivity index (χ3n) is 4.30. The molecule has 1 aromatic carbocycles. The zero-order chi connectivity index (χ0) is 14.3. The van der Waals surface area contributed by atoms with E-state index in [0.29, 0.717) is 38.3 Å². The molecule has 4 rings (SSSR count). The van der Waals surface area contributed by atoms with Crippen LogP contribution in [0.25, 0.3) is 0 Å². The van der Waals surface area contributed by atoms with Crippen molar-refractivity contribution >= 4 is 5.91 Å². The van der Waals surface area contributed by atoms with Crippen molar-refractivity contribution in [3.8, 4) is 0 Å². The van der Waals surface area contributed by atoms with E-state index in [2.05, 4.69) is 5.32 Å². The van der Waals surface area contributed by atoms with Gasteiger partial charge < -0.3 is 19.7 Å². The quantitative estimate of drug-likeness (QED) is 0.882. The van der Waals surface area contributed by atoms with Gasteiger partial charge in [0, 0.05) is 25.2 Å². The number of carbonyl (C=O) groups is 1. The average molecular weight is 286 g/mol. The highest BCUT2D eigenvalue weighted by molar-refractivity contribution is 5.98. The molecule has 0 atom stereocenters. The van der Waals surface area contributed by atoms with E-state index in [1.807, 2.05) is 35.2 Å². The highest BCUT2D eigenvalue weighted by atomic mass is 16.7. The van der Waals surface area contributed by atoms with E-state index >= 15 is 0 Å². The second-order valence-corrected chi connectivity index (χ2v) is 5.63. The molecule has 5 nitrogen and oxygen atoms in total. The molecule has 0 aliphatic carbocycles. The molecule has 1 amide bonds. The molecule has 21 heavy (non-hydrogen) atoms. The number of ether oxygens (including phenoxy) is 2. The molecule has 1 spiro atoms. The zero-order valence-electron chi connectivity index (χ0n) is 11.8. The minimum atomic E-state index is -0.802. The van der Waals surface area contributed by atoms with Gasteiger partial charge in [0.15, 0.2) is 0 Å². The number of hydrogen-bond donors (Lipinski definition) is 1. The standard InChI is InChI=1S/C16H18N2O3/c19-15-14-13(17-7-6-16(14)20-8-9-21-16)11-18(15)10-12-4-2-1-3-5-12/h1-5,17H,6-11H2. The largest absolute Gasteiger partial charge is 0.386 e. The minimum absolute atomic E-state index is 0.0305. The Balaban J connectivity index is 1.59. The van der Waals surface area contributed by atoms with Gasteiger partial charge in [0.05, 0.1) is 25.3 Å². The van der Waals surface area contributed by atoms with Crippen LogP contribution in [-0.2, 0) is 20.8 Å². The number of nitrogens with one attached hydrogen (secondary N) is 1. The van der Waals surface area contributed by atoms with Crippen LogP contribution in [0.5, 0.6) is 0 Å². The van der Waals surface area contributed by atoms with Crippen LogP contribution in [0.2, 0.25) is 0 Å². The average Bonchev–Trinajstić information content (AvgIpc) is 3.08. The third kappa shape index (κ3) is 2.04. The smallest absolute Gasteiger partial charge is 0.257 e. The molecule has 1 fully saturated rings. The minimum Gasteiger partial charge on any atom is -0.386 e. The molecule has 0 unspecified atom stereocenters. The number of fused-ring (bicyclic) bond motifs is 1. The highest BCUT2D eigenvalue weighted by Gasteiger charge is 2.51. The van der Waals surface area contributed by atoms with Gasteiger partial charge in [-0.3, -0.25) is 4.79 Å². The van der Waals surface area contributed by atoms with Crippen LogP contribution in [0.3, 0.4) is 0 Å². The summed E-state index contributed by atoms with van der Waals surface area (Å²) in [5.41, 5.74) is 2.78. The molecule has 1 N–H and O–H groups in total. The molecular weight excluding hydrogens is 268 g/mol. The fraction of sp³-hybridized carbons (Fsp3) is 0.438. The van der Waals surface area contributed by atoms with Crippen molar-refractivity contribution in [2.75, 3.05) is 26.3 Å². The summed E-state index contributed by atoms with van der Waals surface area (Å²) in [5.74, 6) is -0.772. The van der Waals surface area contributed by atoms with Crippen molar-refractivity contribution < 1.29 is 14.3 Å². The van der Waals surface area contributed by atoms with Gasteiger partial charge in [-0.05, 0) is 5.56 Å². The number of carbonyl (C=O) groups excluding carboxylic acids is 1. The number of benzene rings is 1. The molecule has 0 bridgehead atoms. The van der Waals surface area contributed by atoms with E-state index in [1.165, 1.54) is 0 Å². The van der Waals surface area contributed by atoms with Gasteiger partial charge in [0.1, 0.15) is 0 Å². The van der Waals surface area contributed by atoms with Crippen LogP contribution in [0.4, 0.5) is 0 Å². The van der Waals surface area contributed by atoms with Gasteiger partial charge in [0.25, 0.3) is 5.91 Å². The van der Waals surface area contributed by atoms with E-state index in [-0.39, 0.29) is 5.91 Å². The Morgan fingerprint density at radius 3 is 2.71 bits per heavy atom. The van der Waals surface area contributed by atoms with Crippen molar-refractivity contribution in [1.82, 2.24) is 10.2 Å². The molecule has 0 aromatic heterocycles. The summed E-state index contributed by atoms with van der Waals surface area (Å²) in [6, 6.07) is 10.0. The maximum atomic E-state index is 12.8. The normalized spacial score (nSPS) is 23.6. The molecule has 0 radical (unpaired) electrons. The Morgan fingerprint density at radius 1 is 1.19 bits per heavy atom. The van der Waals surface area contributed by atoms with Crippen molar-refractivity contribution in [2.24, 2.45) is 0 Å². The SMILES string of the molecule is O=C1C2=C(CN1Cc1ccccc1)NCCC21OCCO1. The summed E-state index contributed by atoms with van der Waals surface area (Å²) >= 11 is 0. The predicted octanol–water partition coefficient (Wildman–Crippen LogP) is 1.02. The molecule has 5 heteroatoms. The molecule has 3 aliphatic rings. The summed E-state index contributed by atoms with van der Waals surface area (Å²) < 4.78 is 11.6. The fourth-order valence-electron chi connectivity index (χ4n) is 3.34. The van der Waals surface area contributed by atoms with Crippen LogP contribution < -0.4 is 5.32 Å². The predicted molar refractivity (Wildman–Crippen MR) is 76.1 cm³/mol. The zero-order valence-corrected chi connectivity index (χ0v) is 11.8. The van der Waals surface area contributed by atoms with E-state index in [4.69, 9.17) is 9.47 Å². The fourth-order valence-corrected chi connectivity index (χ4v) is 3.34. The van der Waals surface area contributed by atoms with E-state index < -0.39 is 5.79 Å². The van der Waals surface area contributed by atoms with Gasteiger partial charge in [-0.15, -0.1) is 0 Å². The Bertz CT molecular complexity index is 591. The molecule has 3 aliphatic heterocycles. The second kappa shape index (κ2) is 4.86. The third-order valence-corrected chi connectivity index (χ3v) is 4.30. The first kappa shape index (κ1) is 12.9. The lowest BCUT2D eigenvalue weighted by molar-refractivity contribution is -0.149. The van der Waals surface area contributed by atoms with Crippen LogP contribution in [-0.4, -0.2) is 42.9 Å². The molecule has 0 saturated carbocycles. The topological polar surface area (TPSA) is 50.8 Å². The van der Waals surface area contributed by atoms with Gasteiger partial charge >= 0.3 is 0 Å². The highest BCUT2D eigenvalue weighted by Crippen LogP contribution is 2.39. The van der Waals surface area contributed by atoms with Crippen molar-refractivity contribution in [2.45, 2.75) is 18.8 Å². The maximum Gasteiger partial charge on any atom is 0.257 e. The monoisotopic (exact) mass is 286 g/mol. The Kier molecular flexibility index (Phi) is 2.97. The number of amides is 1. The van der Waals surface area contributed by atoms with E-state index in [0.717, 1.165) is 17.8 Å². The molecule has 110 valence electrons. The lowest BCUT2D eigenvalue weighted by Crippen LogP contribution is -2.44. The van der Waals surface area contributed by atoms with Crippen molar-refractivity contribution in [3.05, 3.63) is 47.2 Å². The van der Waals surface area contributed by atoms with E-state index in [1.54, 1.807) is 0 Å². The van der Waals surface area contributed by atoms with Crippen molar-refractivity contribution in [3.63, 3.8) is 0 Å². The Hall–Kier alpha value is -1.85. The Morgan fingerprint density at radius 2 is 1.95 bits per heavy atom. The summed E-state index contributed by atoms with van der Waals surface area (Å²) in [6.45, 7) is 3.12. The first-order chi connectivity index (χ1) is 10.3. The number of nitrogens with zero attached hydrogens (tertiary/aromatic N) is 1. The van der Waals surface area contributed by atoms with Crippen LogP contribution >= 0.6 is 0 Å².